The zero-order valence-electron chi connectivity index (χ0n) is 11.0. The Kier molecular flexibility index (Phi) is 3.20. The molecule has 19 heavy (non-hydrogen) atoms. The molecule has 0 unspecified atom stereocenters. The lowest BCUT2D eigenvalue weighted by molar-refractivity contribution is 0.0685. The fraction of sp³-hybridized carbons (Fsp3) is 0.583. The number of nitrogen functional groups attached to an aromatic ring is 1. The van der Waals surface area contributed by atoms with E-state index in [-0.39, 0.29) is 5.95 Å². The molecule has 0 aliphatic carbocycles. The minimum absolute atomic E-state index is 0.258. The fourth-order valence-corrected chi connectivity index (χ4v) is 2.51. The molecule has 0 bridgehead atoms. The zero-order valence-corrected chi connectivity index (χ0v) is 11.0. The van der Waals surface area contributed by atoms with Gasteiger partial charge in [-0.15, -0.1) is 0 Å². The summed E-state index contributed by atoms with van der Waals surface area (Å²) in [5.74, 6) is 1.70. The Balaban J connectivity index is 1.83. The highest BCUT2D eigenvalue weighted by atomic mass is 16.5. The lowest BCUT2D eigenvalue weighted by Gasteiger charge is -2.27. The van der Waals surface area contributed by atoms with Gasteiger partial charge in [0.1, 0.15) is 5.52 Å². The van der Waals surface area contributed by atoms with Crippen molar-refractivity contribution in [3.63, 3.8) is 0 Å². The van der Waals surface area contributed by atoms with E-state index in [0.717, 1.165) is 43.9 Å². The van der Waals surface area contributed by atoms with Gasteiger partial charge in [-0.2, -0.15) is 9.97 Å². The van der Waals surface area contributed by atoms with Gasteiger partial charge in [-0.3, -0.25) is 0 Å². The zero-order chi connectivity index (χ0) is 13.2. The van der Waals surface area contributed by atoms with Crippen molar-refractivity contribution < 1.29 is 4.74 Å². The summed E-state index contributed by atoms with van der Waals surface area (Å²) in [6.45, 7) is 2.64. The van der Waals surface area contributed by atoms with E-state index < -0.39 is 0 Å². The molecule has 2 aromatic heterocycles. The van der Waals surface area contributed by atoms with Crippen molar-refractivity contribution in [2.45, 2.75) is 12.8 Å². The highest BCUT2D eigenvalue weighted by Gasteiger charge is 2.19. The van der Waals surface area contributed by atoms with E-state index in [9.17, 15) is 0 Å². The molecule has 0 amide bonds. The van der Waals surface area contributed by atoms with E-state index >= 15 is 0 Å². The first kappa shape index (κ1) is 12.2. The Labute approximate surface area is 111 Å². The van der Waals surface area contributed by atoms with Gasteiger partial charge in [0.05, 0.1) is 6.33 Å². The topological polar surface area (TPSA) is 92.9 Å². The van der Waals surface area contributed by atoms with Gasteiger partial charge in [0.2, 0.25) is 5.95 Å². The molecule has 102 valence electrons. The summed E-state index contributed by atoms with van der Waals surface area (Å²) in [6, 6.07) is 0. The minimum atomic E-state index is 0.258. The van der Waals surface area contributed by atoms with Crippen LogP contribution in [0.5, 0.6) is 0 Å². The number of aromatic nitrogens is 4. The van der Waals surface area contributed by atoms with Crippen molar-refractivity contribution in [2.75, 3.05) is 37.4 Å². The van der Waals surface area contributed by atoms with Gasteiger partial charge in [0, 0.05) is 26.8 Å². The Bertz CT molecular complexity index is 562. The Morgan fingerprint density at radius 2 is 2.21 bits per heavy atom. The predicted molar refractivity (Wildman–Crippen MR) is 72.9 cm³/mol. The van der Waals surface area contributed by atoms with Crippen molar-refractivity contribution in [3.05, 3.63) is 6.33 Å². The molecule has 1 saturated heterocycles. The van der Waals surface area contributed by atoms with Crippen LogP contribution in [-0.4, -0.2) is 46.7 Å². The molecule has 3 N–H and O–H groups in total. The monoisotopic (exact) mass is 262 g/mol. The molecule has 0 saturated carbocycles. The van der Waals surface area contributed by atoms with E-state index in [0.29, 0.717) is 11.6 Å². The fourth-order valence-electron chi connectivity index (χ4n) is 2.51. The van der Waals surface area contributed by atoms with E-state index in [1.165, 1.54) is 0 Å². The molecule has 0 aromatic carbocycles. The number of nitrogens with one attached hydrogen (secondary N) is 1. The molecule has 0 radical (unpaired) electrons. The average Bonchev–Trinajstić information content (AvgIpc) is 2.86. The molecule has 0 atom stereocenters. The maximum absolute atomic E-state index is 5.73. The lowest BCUT2D eigenvalue weighted by atomic mass is 10.00. The third-order valence-electron chi connectivity index (χ3n) is 3.52. The smallest absolute Gasteiger partial charge is 0.224 e. The third kappa shape index (κ3) is 2.46. The van der Waals surface area contributed by atoms with Crippen LogP contribution in [0.4, 0.5) is 11.8 Å². The Hall–Kier alpha value is -1.89. The number of fused-ring (bicyclic) bond motifs is 1. The number of rotatable bonds is 3. The lowest BCUT2D eigenvalue weighted by Crippen LogP contribution is -2.30. The minimum Gasteiger partial charge on any atom is -0.381 e. The number of H-pyrrole nitrogens is 1. The van der Waals surface area contributed by atoms with Crippen LogP contribution < -0.4 is 10.6 Å². The van der Waals surface area contributed by atoms with Gasteiger partial charge in [0.15, 0.2) is 11.5 Å². The molecular formula is C12H18N6O. The van der Waals surface area contributed by atoms with Crippen LogP contribution in [0.15, 0.2) is 6.33 Å². The number of imidazole rings is 1. The number of anilines is 2. The van der Waals surface area contributed by atoms with Gasteiger partial charge in [0.25, 0.3) is 0 Å². The van der Waals surface area contributed by atoms with E-state index in [1.807, 2.05) is 7.05 Å². The van der Waals surface area contributed by atoms with Crippen LogP contribution in [0.25, 0.3) is 11.2 Å². The second kappa shape index (κ2) is 5.00. The molecule has 7 nitrogen and oxygen atoms in total. The molecular weight excluding hydrogens is 244 g/mol. The summed E-state index contributed by atoms with van der Waals surface area (Å²) in [4.78, 5) is 17.8. The molecule has 0 spiro atoms. The van der Waals surface area contributed by atoms with Crippen molar-refractivity contribution in [1.29, 1.82) is 0 Å². The first-order chi connectivity index (χ1) is 9.24. The van der Waals surface area contributed by atoms with E-state index in [1.54, 1.807) is 6.33 Å². The van der Waals surface area contributed by atoms with Crippen LogP contribution in [0, 0.1) is 5.92 Å². The molecule has 7 heteroatoms. The van der Waals surface area contributed by atoms with Crippen molar-refractivity contribution in [2.24, 2.45) is 5.92 Å². The summed E-state index contributed by atoms with van der Waals surface area (Å²) >= 11 is 0. The number of ether oxygens (including phenoxy) is 1. The van der Waals surface area contributed by atoms with Gasteiger partial charge < -0.3 is 20.4 Å². The number of hydrogen-bond donors (Lipinski definition) is 2. The Morgan fingerprint density at radius 3 is 3.00 bits per heavy atom. The predicted octanol–water partition coefficient (Wildman–Crippen LogP) is 0.798. The first-order valence-corrected chi connectivity index (χ1v) is 6.49. The van der Waals surface area contributed by atoms with Crippen LogP contribution in [0.1, 0.15) is 12.8 Å². The third-order valence-corrected chi connectivity index (χ3v) is 3.52. The van der Waals surface area contributed by atoms with Crippen LogP contribution in [0.3, 0.4) is 0 Å². The molecule has 1 aliphatic heterocycles. The number of aromatic amines is 1. The van der Waals surface area contributed by atoms with Gasteiger partial charge in [-0.1, -0.05) is 0 Å². The number of hydrogen-bond acceptors (Lipinski definition) is 6. The second-order valence-corrected chi connectivity index (χ2v) is 4.94. The molecule has 3 rings (SSSR count). The summed E-state index contributed by atoms with van der Waals surface area (Å²) in [5, 5.41) is 0. The largest absolute Gasteiger partial charge is 0.381 e. The summed E-state index contributed by atoms with van der Waals surface area (Å²) < 4.78 is 5.38. The maximum atomic E-state index is 5.73. The summed E-state index contributed by atoms with van der Waals surface area (Å²) in [6.07, 6.45) is 3.80. The van der Waals surface area contributed by atoms with Crippen molar-refractivity contribution in [1.82, 2.24) is 19.9 Å². The van der Waals surface area contributed by atoms with Gasteiger partial charge >= 0.3 is 0 Å². The normalized spacial score (nSPS) is 16.9. The Morgan fingerprint density at radius 1 is 1.42 bits per heavy atom. The molecule has 2 aromatic rings. The highest BCUT2D eigenvalue weighted by molar-refractivity contribution is 5.83. The SMILES string of the molecule is CN(CC1CCOCC1)c1nc(N)nc2nc[nH]c12. The molecule has 1 aliphatic rings. The van der Waals surface area contributed by atoms with E-state index in [2.05, 4.69) is 24.8 Å². The quantitative estimate of drug-likeness (QED) is 0.849. The standard InChI is InChI=1S/C12H18N6O/c1-18(6-8-2-4-19-5-3-8)11-9-10(15-7-14-9)16-12(13)17-11/h7-8H,2-6H2,1H3,(H3,13,14,15,16,17). The molecule has 1 fully saturated rings. The van der Waals surface area contributed by atoms with Crippen LogP contribution in [-0.2, 0) is 4.74 Å². The van der Waals surface area contributed by atoms with Gasteiger partial charge in [-0.25, -0.2) is 4.98 Å². The van der Waals surface area contributed by atoms with Crippen molar-refractivity contribution in [3.8, 4) is 0 Å². The highest BCUT2D eigenvalue weighted by Crippen LogP contribution is 2.23. The van der Waals surface area contributed by atoms with E-state index in [4.69, 9.17) is 10.5 Å². The van der Waals surface area contributed by atoms with Crippen LogP contribution >= 0.6 is 0 Å². The van der Waals surface area contributed by atoms with Gasteiger partial charge in [-0.05, 0) is 18.8 Å². The molecule has 3 heterocycles. The second-order valence-electron chi connectivity index (χ2n) is 4.94. The number of nitrogens with zero attached hydrogens (tertiary/aromatic N) is 4. The summed E-state index contributed by atoms with van der Waals surface area (Å²) in [5.41, 5.74) is 7.18. The van der Waals surface area contributed by atoms with Crippen molar-refractivity contribution >= 4 is 22.9 Å². The van der Waals surface area contributed by atoms with Crippen LogP contribution in [0.2, 0.25) is 0 Å². The number of nitrogens with two attached hydrogens (primary N) is 1. The average molecular weight is 262 g/mol. The first-order valence-electron chi connectivity index (χ1n) is 6.49. The summed E-state index contributed by atoms with van der Waals surface area (Å²) in [7, 11) is 2.03. The maximum Gasteiger partial charge on any atom is 0.224 e.